The molecule has 4 nitrogen and oxygen atoms in total. The minimum Gasteiger partial charge on any atom is -0.389 e. The Morgan fingerprint density at radius 3 is 2.64 bits per heavy atom. The van der Waals surface area contributed by atoms with Crippen molar-refractivity contribution in [3.05, 3.63) is 35.9 Å². The summed E-state index contributed by atoms with van der Waals surface area (Å²) in [5.41, 5.74) is 1.08. The Labute approximate surface area is 132 Å². The van der Waals surface area contributed by atoms with Crippen molar-refractivity contribution in [2.45, 2.75) is 51.2 Å². The zero-order chi connectivity index (χ0) is 15.8. The molecule has 122 valence electrons. The van der Waals surface area contributed by atoms with Crippen LogP contribution in [0.3, 0.4) is 0 Å². The van der Waals surface area contributed by atoms with Gasteiger partial charge in [0.05, 0.1) is 18.8 Å². The first-order valence-corrected chi connectivity index (χ1v) is 8.29. The van der Waals surface area contributed by atoms with Crippen LogP contribution >= 0.6 is 0 Å². The Bertz CT molecular complexity index is 443. The number of benzene rings is 1. The van der Waals surface area contributed by atoms with Gasteiger partial charge in [0.15, 0.2) is 0 Å². The van der Waals surface area contributed by atoms with E-state index >= 15 is 0 Å². The van der Waals surface area contributed by atoms with Gasteiger partial charge in [0.1, 0.15) is 0 Å². The maximum absolute atomic E-state index is 12.0. The summed E-state index contributed by atoms with van der Waals surface area (Å²) in [6.07, 6.45) is 4.73. The van der Waals surface area contributed by atoms with Crippen LogP contribution < -0.4 is 5.32 Å². The van der Waals surface area contributed by atoms with Crippen molar-refractivity contribution in [1.82, 2.24) is 5.32 Å². The number of ether oxygens (including phenoxy) is 1. The van der Waals surface area contributed by atoms with E-state index in [1.54, 1.807) is 0 Å². The molecule has 0 spiro atoms. The van der Waals surface area contributed by atoms with E-state index in [1.807, 2.05) is 37.3 Å². The van der Waals surface area contributed by atoms with Gasteiger partial charge in [-0.25, -0.2) is 0 Å². The number of rotatable bonds is 7. The average Bonchev–Trinajstić information content (AvgIpc) is 2.59. The summed E-state index contributed by atoms with van der Waals surface area (Å²) < 4.78 is 5.67. The molecule has 0 aromatic heterocycles. The number of carbonyl (C=O) groups excluding carboxylic acids is 1. The minimum atomic E-state index is -0.668. The van der Waals surface area contributed by atoms with Gasteiger partial charge in [-0.2, -0.15) is 0 Å². The Morgan fingerprint density at radius 1 is 1.27 bits per heavy atom. The smallest absolute Gasteiger partial charge is 0.223 e. The molecule has 0 saturated heterocycles. The lowest BCUT2D eigenvalue weighted by Crippen LogP contribution is -2.38. The van der Waals surface area contributed by atoms with Gasteiger partial charge in [0.25, 0.3) is 0 Å². The van der Waals surface area contributed by atoms with Gasteiger partial charge in [-0.1, -0.05) is 49.6 Å². The SMILES string of the molecule is C[C@@H](OC[C@H](O)CNC(=O)C1CCCCC1)c1ccccc1. The molecule has 4 heteroatoms. The molecule has 0 heterocycles. The number of aliphatic hydroxyl groups excluding tert-OH is 1. The predicted molar refractivity (Wildman–Crippen MR) is 86.4 cm³/mol. The molecule has 1 aromatic rings. The van der Waals surface area contributed by atoms with Crippen molar-refractivity contribution in [2.75, 3.05) is 13.2 Å². The van der Waals surface area contributed by atoms with Crippen LogP contribution in [0.5, 0.6) is 0 Å². The Hall–Kier alpha value is -1.39. The van der Waals surface area contributed by atoms with E-state index in [0.717, 1.165) is 31.2 Å². The molecular formula is C18H27NO3. The van der Waals surface area contributed by atoms with Crippen molar-refractivity contribution in [1.29, 1.82) is 0 Å². The van der Waals surface area contributed by atoms with E-state index in [4.69, 9.17) is 4.74 Å². The fourth-order valence-corrected chi connectivity index (χ4v) is 2.86. The fourth-order valence-electron chi connectivity index (χ4n) is 2.86. The van der Waals surface area contributed by atoms with E-state index < -0.39 is 6.10 Å². The number of aliphatic hydroxyl groups is 1. The molecule has 1 aromatic carbocycles. The lowest BCUT2D eigenvalue weighted by atomic mass is 9.89. The second-order valence-corrected chi connectivity index (χ2v) is 6.12. The molecule has 1 aliphatic rings. The van der Waals surface area contributed by atoms with Crippen LogP contribution in [0.15, 0.2) is 30.3 Å². The van der Waals surface area contributed by atoms with Gasteiger partial charge in [0, 0.05) is 12.5 Å². The van der Waals surface area contributed by atoms with Crippen molar-refractivity contribution >= 4 is 5.91 Å². The third-order valence-electron chi connectivity index (χ3n) is 4.30. The van der Waals surface area contributed by atoms with E-state index in [9.17, 15) is 9.90 Å². The Kier molecular flexibility index (Phi) is 6.87. The largest absolute Gasteiger partial charge is 0.389 e. The van der Waals surface area contributed by atoms with Crippen molar-refractivity contribution in [3.63, 3.8) is 0 Å². The summed E-state index contributed by atoms with van der Waals surface area (Å²) in [5.74, 6) is 0.208. The first-order chi connectivity index (χ1) is 10.7. The highest BCUT2D eigenvalue weighted by molar-refractivity contribution is 5.78. The number of carbonyl (C=O) groups is 1. The molecule has 2 atom stereocenters. The van der Waals surface area contributed by atoms with Gasteiger partial charge in [0.2, 0.25) is 5.91 Å². The quantitative estimate of drug-likeness (QED) is 0.814. The predicted octanol–water partition coefficient (Wildman–Crippen LogP) is 2.82. The van der Waals surface area contributed by atoms with E-state index in [0.29, 0.717) is 0 Å². The van der Waals surface area contributed by atoms with E-state index in [-0.39, 0.29) is 31.1 Å². The van der Waals surface area contributed by atoms with E-state index in [2.05, 4.69) is 5.32 Å². The third-order valence-corrected chi connectivity index (χ3v) is 4.30. The second-order valence-electron chi connectivity index (χ2n) is 6.12. The molecule has 0 unspecified atom stereocenters. The van der Waals surface area contributed by atoms with Crippen LogP contribution in [0.4, 0.5) is 0 Å². The lowest BCUT2D eigenvalue weighted by Gasteiger charge is -2.22. The Morgan fingerprint density at radius 2 is 1.95 bits per heavy atom. The van der Waals surface area contributed by atoms with Gasteiger partial charge in [-0.3, -0.25) is 4.79 Å². The van der Waals surface area contributed by atoms with E-state index in [1.165, 1.54) is 6.42 Å². The molecule has 1 amide bonds. The van der Waals surface area contributed by atoms with Crippen LogP contribution in [0.2, 0.25) is 0 Å². The van der Waals surface area contributed by atoms with Crippen LogP contribution in [0, 0.1) is 5.92 Å². The van der Waals surface area contributed by atoms with Crippen molar-refractivity contribution < 1.29 is 14.6 Å². The summed E-state index contributed by atoms with van der Waals surface area (Å²) in [6, 6.07) is 9.90. The number of nitrogens with one attached hydrogen (secondary N) is 1. The summed E-state index contributed by atoms with van der Waals surface area (Å²) in [5, 5.41) is 12.8. The Balaban J connectivity index is 1.65. The monoisotopic (exact) mass is 305 g/mol. The van der Waals surface area contributed by atoms with Crippen LogP contribution in [0.25, 0.3) is 0 Å². The molecule has 0 bridgehead atoms. The normalized spacial score (nSPS) is 18.6. The second kappa shape index (κ2) is 8.91. The maximum atomic E-state index is 12.0. The molecule has 1 aliphatic carbocycles. The first-order valence-electron chi connectivity index (χ1n) is 8.29. The van der Waals surface area contributed by atoms with Gasteiger partial charge < -0.3 is 15.2 Å². The number of hydrogen-bond acceptors (Lipinski definition) is 3. The van der Waals surface area contributed by atoms with Crippen molar-refractivity contribution in [2.24, 2.45) is 5.92 Å². The molecule has 22 heavy (non-hydrogen) atoms. The molecular weight excluding hydrogens is 278 g/mol. The molecule has 1 fully saturated rings. The minimum absolute atomic E-state index is 0.0649. The average molecular weight is 305 g/mol. The highest BCUT2D eigenvalue weighted by atomic mass is 16.5. The van der Waals surface area contributed by atoms with Gasteiger partial charge >= 0.3 is 0 Å². The van der Waals surface area contributed by atoms with Gasteiger partial charge in [-0.05, 0) is 25.3 Å². The van der Waals surface area contributed by atoms with Gasteiger partial charge in [-0.15, -0.1) is 0 Å². The number of amides is 1. The van der Waals surface area contributed by atoms with Crippen molar-refractivity contribution in [3.8, 4) is 0 Å². The zero-order valence-electron chi connectivity index (χ0n) is 13.3. The maximum Gasteiger partial charge on any atom is 0.223 e. The van der Waals surface area contributed by atoms with Crippen LogP contribution in [-0.2, 0) is 9.53 Å². The highest BCUT2D eigenvalue weighted by Crippen LogP contribution is 2.23. The summed E-state index contributed by atoms with van der Waals surface area (Å²) in [7, 11) is 0. The molecule has 2 N–H and O–H groups in total. The summed E-state index contributed by atoms with van der Waals surface area (Å²) in [4.78, 5) is 12.0. The number of hydrogen-bond donors (Lipinski definition) is 2. The molecule has 2 rings (SSSR count). The fraction of sp³-hybridized carbons (Fsp3) is 0.611. The zero-order valence-corrected chi connectivity index (χ0v) is 13.3. The molecule has 0 aliphatic heterocycles. The van der Waals surface area contributed by atoms with Crippen LogP contribution in [0.1, 0.15) is 50.7 Å². The third kappa shape index (κ3) is 5.43. The molecule has 1 saturated carbocycles. The summed E-state index contributed by atoms with van der Waals surface area (Å²) in [6.45, 7) is 2.44. The summed E-state index contributed by atoms with van der Waals surface area (Å²) >= 11 is 0. The lowest BCUT2D eigenvalue weighted by molar-refractivity contribution is -0.126. The molecule has 0 radical (unpaired) electrons. The highest BCUT2D eigenvalue weighted by Gasteiger charge is 2.21. The topological polar surface area (TPSA) is 58.6 Å². The van der Waals surface area contributed by atoms with Crippen LogP contribution in [-0.4, -0.2) is 30.3 Å². The first kappa shape index (κ1) is 17.0. The standard InChI is InChI=1S/C18H27NO3/c1-14(15-8-4-2-5-9-15)22-13-17(20)12-19-18(21)16-10-6-3-7-11-16/h2,4-5,8-9,14,16-17,20H,3,6-7,10-13H2,1H3,(H,19,21)/t14-,17-/m1/s1.